The van der Waals surface area contributed by atoms with Crippen molar-refractivity contribution >= 4 is 12.4 Å². The van der Waals surface area contributed by atoms with Crippen LogP contribution in [0.15, 0.2) is 18.2 Å². The molecule has 7 heteroatoms. The van der Waals surface area contributed by atoms with Gasteiger partial charge >= 0.3 is 0 Å². The first-order chi connectivity index (χ1) is 10.4. The van der Waals surface area contributed by atoms with Crippen LogP contribution in [-0.2, 0) is 25.9 Å². The highest BCUT2D eigenvalue weighted by Crippen LogP contribution is 2.35. The van der Waals surface area contributed by atoms with E-state index in [4.69, 9.17) is 9.47 Å². The van der Waals surface area contributed by atoms with Crippen molar-refractivity contribution in [2.75, 3.05) is 13.3 Å². The lowest BCUT2D eigenvalue weighted by atomic mass is 10.2. The first kappa shape index (κ1) is 15.1. The number of aromatic nitrogens is 3. The van der Waals surface area contributed by atoms with Crippen LogP contribution in [0, 0.1) is 0 Å². The van der Waals surface area contributed by atoms with E-state index in [1.807, 2.05) is 12.1 Å². The number of aryl methyl sites for hydroxylation is 1. The number of rotatable bonds is 5. The van der Waals surface area contributed by atoms with Crippen LogP contribution in [0.3, 0.4) is 0 Å². The zero-order valence-corrected chi connectivity index (χ0v) is 13.1. The van der Waals surface area contributed by atoms with Crippen molar-refractivity contribution in [2.24, 2.45) is 0 Å². The summed E-state index contributed by atoms with van der Waals surface area (Å²) in [6.07, 6.45) is 3.16. The summed E-state index contributed by atoms with van der Waals surface area (Å²) in [7, 11) is 0. The summed E-state index contributed by atoms with van der Waals surface area (Å²) in [4.78, 5) is 0. The molecule has 0 fully saturated rings. The van der Waals surface area contributed by atoms with E-state index in [9.17, 15) is 0 Å². The number of nitrogens with one attached hydrogen (secondary N) is 1. The smallest absolute Gasteiger partial charge is 0.231 e. The molecule has 3 heterocycles. The molecule has 0 unspecified atom stereocenters. The Morgan fingerprint density at radius 3 is 3.14 bits per heavy atom. The van der Waals surface area contributed by atoms with Gasteiger partial charge in [0.2, 0.25) is 6.79 Å². The summed E-state index contributed by atoms with van der Waals surface area (Å²) in [5.74, 6) is 3.93. The summed E-state index contributed by atoms with van der Waals surface area (Å²) in [6, 6.07) is 6.00. The normalized spacial score (nSPS) is 14.7. The number of halogens is 1. The predicted molar refractivity (Wildman–Crippen MR) is 83.6 cm³/mol. The standard InChI is InChI=1S/C15H18N4O2.ClH/c1-3-11(15-12(4-1)20-10-21-15)9-16-7-6-14-18-17-13-5-2-8-19(13)14;/h1,3-4,16H,2,5-10H2;1H. The van der Waals surface area contributed by atoms with Gasteiger partial charge in [-0.15, -0.1) is 22.6 Å². The van der Waals surface area contributed by atoms with Crippen molar-refractivity contribution in [3.63, 3.8) is 0 Å². The molecule has 6 nitrogen and oxygen atoms in total. The Hall–Kier alpha value is -1.79. The third-order valence-corrected chi connectivity index (χ3v) is 4.01. The van der Waals surface area contributed by atoms with E-state index in [0.29, 0.717) is 6.79 Å². The molecule has 0 saturated heterocycles. The fourth-order valence-corrected chi connectivity index (χ4v) is 2.95. The molecule has 22 heavy (non-hydrogen) atoms. The molecule has 0 bridgehead atoms. The molecule has 1 N–H and O–H groups in total. The molecular formula is C15H19ClN4O2. The van der Waals surface area contributed by atoms with Crippen LogP contribution in [0.25, 0.3) is 0 Å². The van der Waals surface area contributed by atoms with Gasteiger partial charge in [0.25, 0.3) is 0 Å². The zero-order chi connectivity index (χ0) is 14.1. The summed E-state index contributed by atoms with van der Waals surface area (Å²) in [5, 5.41) is 11.9. The van der Waals surface area contributed by atoms with Gasteiger partial charge in [-0.1, -0.05) is 12.1 Å². The van der Waals surface area contributed by atoms with E-state index in [1.165, 1.54) is 6.42 Å². The van der Waals surface area contributed by atoms with Crippen molar-refractivity contribution in [1.82, 2.24) is 20.1 Å². The Morgan fingerprint density at radius 2 is 2.18 bits per heavy atom. The quantitative estimate of drug-likeness (QED) is 0.849. The van der Waals surface area contributed by atoms with E-state index in [1.54, 1.807) is 0 Å². The topological polar surface area (TPSA) is 61.2 Å². The van der Waals surface area contributed by atoms with Gasteiger partial charge in [-0.2, -0.15) is 0 Å². The number of fused-ring (bicyclic) bond motifs is 2. The van der Waals surface area contributed by atoms with Crippen LogP contribution < -0.4 is 14.8 Å². The summed E-state index contributed by atoms with van der Waals surface area (Å²) >= 11 is 0. The maximum Gasteiger partial charge on any atom is 0.231 e. The second kappa shape index (κ2) is 6.54. The summed E-state index contributed by atoms with van der Waals surface area (Å²) < 4.78 is 13.1. The average molecular weight is 323 g/mol. The van der Waals surface area contributed by atoms with Gasteiger partial charge in [-0.25, -0.2) is 0 Å². The summed E-state index contributed by atoms with van der Waals surface area (Å²) in [6.45, 7) is 3.03. The zero-order valence-electron chi connectivity index (χ0n) is 12.2. The van der Waals surface area contributed by atoms with Crippen LogP contribution in [-0.4, -0.2) is 28.1 Å². The number of hydrogen-bond acceptors (Lipinski definition) is 5. The Balaban J connectivity index is 0.00000144. The lowest BCUT2D eigenvalue weighted by Gasteiger charge is -2.08. The van der Waals surface area contributed by atoms with Gasteiger partial charge < -0.3 is 19.4 Å². The molecule has 1 aromatic heterocycles. The lowest BCUT2D eigenvalue weighted by Crippen LogP contribution is -2.18. The molecule has 2 aliphatic heterocycles. The molecule has 2 aromatic rings. The fourth-order valence-electron chi connectivity index (χ4n) is 2.95. The van der Waals surface area contributed by atoms with Gasteiger partial charge in [0, 0.05) is 38.0 Å². The van der Waals surface area contributed by atoms with Crippen molar-refractivity contribution in [2.45, 2.75) is 32.4 Å². The second-order valence-electron chi connectivity index (χ2n) is 5.37. The molecule has 0 aliphatic carbocycles. The molecule has 118 valence electrons. The highest BCUT2D eigenvalue weighted by molar-refractivity contribution is 5.85. The molecule has 4 rings (SSSR count). The van der Waals surface area contributed by atoms with E-state index in [-0.39, 0.29) is 12.4 Å². The molecule has 2 aliphatic rings. The Kier molecular flexibility index (Phi) is 4.49. The number of hydrogen-bond donors (Lipinski definition) is 1. The first-order valence-electron chi connectivity index (χ1n) is 7.41. The largest absolute Gasteiger partial charge is 0.454 e. The van der Waals surface area contributed by atoms with Crippen LogP contribution in [0.1, 0.15) is 23.6 Å². The van der Waals surface area contributed by atoms with E-state index in [2.05, 4.69) is 26.1 Å². The minimum absolute atomic E-state index is 0. The Labute approximate surface area is 135 Å². The maximum atomic E-state index is 5.50. The number of para-hydroxylation sites is 1. The Morgan fingerprint density at radius 1 is 1.23 bits per heavy atom. The van der Waals surface area contributed by atoms with Crippen LogP contribution in [0.5, 0.6) is 11.5 Å². The van der Waals surface area contributed by atoms with E-state index in [0.717, 1.165) is 61.2 Å². The highest BCUT2D eigenvalue weighted by atomic mass is 35.5. The van der Waals surface area contributed by atoms with Crippen molar-refractivity contribution < 1.29 is 9.47 Å². The van der Waals surface area contributed by atoms with E-state index < -0.39 is 0 Å². The molecule has 1 aromatic carbocycles. The fraction of sp³-hybridized carbons (Fsp3) is 0.467. The van der Waals surface area contributed by atoms with Gasteiger partial charge in [0.1, 0.15) is 11.6 Å². The number of nitrogens with zero attached hydrogens (tertiary/aromatic N) is 3. The maximum absolute atomic E-state index is 5.50. The van der Waals surface area contributed by atoms with Gasteiger partial charge in [0.15, 0.2) is 11.5 Å². The van der Waals surface area contributed by atoms with E-state index >= 15 is 0 Å². The van der Waals surface area contributed by atoms with Crippen LogP contribution >= 0.6 is 12.4 Å². The van der Waals surface area contributed by atoms with Gasteiger partial charge in [0.05, 0.1) is 0 Å². The van der Waals surface area contributed by atoms with Gasteiger partial charge in [-0.3, -0.25) is 0 Å². The second-order valence-corrected chi connectivity index (χ2v) is 5.37. The minimum atomic E-state index is 0. The summed E-state index contributed by atoms with van der Waals surface area (Å²) in [5.41, 5.74) is 1.14. The Bertz CT molecular complexity index is 659. The number of ether oxygens (including phenoxy) is 2. The SMILES string of the molecule is Cl.c1cc(CNCCc2nnc3n2CCC3)c2c(c1)OCO2. The third kappa shape index (κ3) is 2.76. The lowest BCUT2D eigenvalue weighted by molar-refractivity contribution is 0.173. The van der Waals surface area contributed by atoms with Gasteiger partial charge in [-0.05, 0) is 12.5 Å². The molecule has 0 atom stereocenters. The number of benzene rings is 1. The van der Waals surface area contributed by atoms with Crippen molar-refractivity contribution in [1.29, 1.82) is 0 Å². The van der Waals surface area contributed by atoms with Crippen LogP contribution in [0.2, 0.25) is 0 Å². The monoisotopic (exact) mass is 322 g/mol. The predicted octanol–water partition coefficient (Wildman–Crippen LogP) is 1.71. The minimum Gasteiger partial charge on any atom is -0.454 e. The first-order valence-corrected chi connectivity index (χ1v) is 7.41. The molecule has 0 saturated carbocycles. The third-order valence-electron chi connectivity index (χ3n) is 4.01. The average Bonchev–Trinajstić information content (AvgIpc) is 3.20. The van der Waals surface area contributed by atoms with Crippen LogP contribution in [0.4, 0.5) is 0 Å². The highest BCUT2D eigenvalue weighted by Gasteiger charge is 2.18. The van der Waals surface area contributed by atoms with Crippen molar-refractivity contribution in [3.05, 3.63) is 35.4 Å². The molecule has 0 amide bonds. The van der Waals surface area contributed by atoms with Crippen molar-refractivity contribution in [3.8, 4) is 11.5 Å². The molecule has 0 radical (unpaired) electrons. The molecular weight excluding hydrogens is 304 g/mol. The molecule has 0 spiro atoms.